The van der Waals surface area contributed by atoms with Crippen LogP contribution in [0.5, 0.6) is 0 Å². The first kappa shape index (κ1) is 9.39. The molecule has 4 heteroatoms. The second kappa shape index (κ2) is 3.33. The molecule has 0 saturated carbocycles. The monoisotopic (exact) mass is 216 g/mol. The average Bonchev–Trinajstić information content (AvgIpc) is 2.78. The number of hydrogen-bond donors (Lipinski definition) is 0. The van der Waals surface area contributed by atoms with Crippen LogP contribution in [0.25, 0.3) is 11.0 Å². The largest absolute Gasteiger partial charge is 0.454 e. The normalized spacial score (nSPS) is 18.7. The summed E-state index contributed by atoms with van der Waals surface area (Å²) in [6.45, 7) is 2.30. The number of esters is 1. The number of ether oxygens (including phenoxy) is 1. The third-order valence-electron chi connectivity index (χ3n) is 2.90. The topological polar surface area (TPSA) is 44.1 Å². The second-order valence-corrected chi connectivity index (χ2v) is 4.00. The average molecular weight is 216 g/mol. The maximum Gasteiger partial charge on any atom is 0.303 e. The van der Waals surface area contributed by atoms with E-state index in [1.165, 1.54) is 6.92 Å². The molecule has 82 valence electrons. The van der Waals surface area contributed by atoms with Gasteiger partial charge in [0, 0.05) is 19.9 Å². The SMILES string of the molecule is CC(=O)OC1CCn2c1nc1ccccc12. The van der Waals surface area contributed by atoms with E-state index in [1.807, 2.05) is 24.3 Å². The van der Waals surface area contributed by atoms with E-state index in [2.05, 4.69) is 9.55 Å². The van der Waals surface area contributed by atoms with Gasteiger partial charge in [-0.3, -0.25) is 4.79 Å². The molecule has 4 nitrogen and oxygen atoms in total. The van der Waals surface area contributed by atoms with Crippen molar-refractivity contribution >= 4 is 17.0 Å². The summed E-state index contributed by atoms with van der Waals surface area (Å²) in [5.41, 5.74) is 2.08. The minimum absolute atomic E-state index is 0.176. The van der Waals surface area contributed by atoms with Crippen molar-refractivity contribution in [3.63, 3.8) is 0 Å². The third kappa shape index (κ3) is 1.30. The number of fused-ring (bicyclic) bond motifs is 3. The summed E-state index contributed by atoms with van der Waals surface area (Å²) >= 11 is 0. The molecule has 3 rings (SSSR count). The lowest BCUT2D eigenvalue weighted by molar-refractivity contribution is -0.146. The molecule has 2 aromatic rings. The minimum Gasteiger partial charge on any atom is -0.454 e. The molecule has 1 aromatic carbocycles. The first-order chi connectivity index (χ1) is 7.75. The van der Waals surface area contributed by atoms with E-state index in [0.29, 0.717) is 0 Å². The van der Waals surface area contributed by atoms with Crippen LogP contribution in [0.15, 0.2) is 24.3 Å². The summed E-state index contributed by atoms with van der Waals surface area (Å²) in [7, 11) is 0. The maximum atomic E-state index is 11.0. The highest BCUT2D eigenvalue weighted by Gasteiger charge is 2.28. The Hall–Kier alpha value is -1.84. The van der Waals surface area contributed by atoms with E-state index in [-0.39, 0.29) is 12.1 Å². The highest BCUT2D eigenvalue weighted by Crippen LogP contribution is 2.32. The Morgan fingerprint density at radius 2 is 2.31 bits per heavy atom. The van der Waals surface area contributed by atoms with Gasteiger partial charge in [0.15, 0.2) is 11.9 Å². The van der Waals surface area contributed by atoms with Gasteiger partial charge in [0.25, 0.3) is 0 Å². The second-order valence-electron chi connectivity index (χ2n) is 4.00. The number of benzene rings is 1. The molecule has 1 unspecified atom stereocenters. The predicted octanol–water partition coefficient (Wildman–Crippen LogP) is 2.04. The van der Waals surface area contributed by atoms with E-state index in [9.17, 15) is 4.79 Å². The number of aryl methyl sites for hydroxylation is 1. The Balaban J connectivity index is 2.08. The molecule has 0 spiro atoms. The first-order valence-electron chi connectivity index (χ1n) is 5.38. The fourth-order valence-electron chi connectivity index (χ4n) is 2.26. The van der Waals surface area contributed by atoms with Crippen LogP contribution in [-0.4, -0.2) is 15.5 Å². The number of aromatic nitrogens is 2. The number of imidazole rings is 1. The third-order valence-corrected chi connectivity index (χ3v) is 2.90. The lowest BCUT2D eigenvalue weighted by atomic mass is 10.3. The number of para-hydroxylation sites is 2. The zero-order valence-corrected chi connectivity index (χ0v) is 9.01. The number of hydrogen-bond acceptors (Lipinski definition) is 3. The zero-order valence-electron chi connectivity index (χ0n) is 9.01. The molecule has 0 N–H and O–H groups in total. The van der Waals surface area contributed by atoms with E-state index >= 15 is 0 Å². The summed E-state index contributed by atoms with van der Waals surface area (Å²) < 4.78 is 7.37. The van der Waals surface area contributed by atoms with Crippen LogP contribution in [0.2, 0.25) is 0 Å². The standard InChI is InChI=1S/C12H12N2O2/c1-8(15)16-11-6-7-14-10-5-3-2-4-9(10)13-12(11)14/h2-5,11H,6-7H2,1H3. The van der Waals surface area contributed by atoms with Gasteiger partial charge >= 0.3 is 5.97 Å². The Morgan fingerprint density at radius 1 is 1.50 bits per heavy atom. The minimum atomic E-state index is -0.245. The van der Waals surface area contributed by atoms with E-state index in [4.69, 9.17) is 4.74 Å². The molecule has 0 bridgehead atoms. The molecule has 1 aromatic heterocycles. The summed E-state index contributed by atoms with van der Waals surface area (Å²) in [6.07, 6.45) is 0.650. The van der Waals surface area contributed by atoms with E-state index < -0.39 is 0 Å². The van der Waals surface area contributed by atoms with Crippen molar-refractivity contribution in [2.75, 3.05) is 0 Å². The van der Waals surface area contributed by atoms with Crippen molar-refractivity contribution in [2.24, 2.45) is 0 Å². The highest BCUT2D eigenvalue weighted by molar-refractivity contribution is 5.76. The molecule has 0 fully saturated rings. The van der Waals surface area contributed by atoms with Gasteiger partial charge in [0.2, 0.25) is 0 Å². The van der Waals surface area contributed by atoms with Crippen LogP contribution in [-0.2, 0) is 16.1 Å². The van der Waals surface area contributed by atoms with E-state index in [1.54, 1.807) is 0 Å². The fraction of sp³-hybridized carbons (Fsp3) is 0.333. The van der Waals surface area contributed by atoms with Crippen molar-refractivity contribution < 1.29 is 9.53 Å². The summed E-state index contributed by atoms with van der Waals surface area (Å²) in [5.74, 6) is 0.627. The number of carbonyl (C=O) groups is 1. The van der Waals surface area contributed by atoms with Crippen molar-refractivity contribution in [3.8, 4) is 0 Å². The molecule has 0 saturated heterocycles. The Bertz CT molecular complexity index is 559. The van der Waals surface area contributed by atoms with Crippen molar-refractivity contribution in [2.45, 2.75) is 26.0 Å². The van der Waals surface area contributed by atoms with Gasteiger partial charge in [-0.2, -0.15) is 0 Å². The smallest absolute Gasteiger partial charge is 0.303 e. The molecule has 1 atom stereocenters. The van der Waals surface area contributed by atoms with Crippen molar-refractivity contribution in [1.82, 2.24) is 9.55 Å². The van der Waals surface area contributed by atoms with Crippen LogP contribution < -0.4 is 0 Å². The summed E-state index contributed by atoms with van der Waals surface area (Å²) in [4.78, 5) is 15.5. The fourth-order valence-corrected chi connectivity index (χ4v) is 2.26. The van der Waals surface area contributed by atoms with Crippen molar-refractivity contribution in [1.29, 1.82) is 0 Å². The van der Waals surface area contributed by atoms with Gasteiger partial charge in [-0.15, -0.1) is 0 Å². The van der Waals surface area contributed by atoms with Crippen LogP contribution in [0.3, 0.4) is 0 Å². The molecular weight excluding hydrogens is 204 g/mol. The predicted molar refractivity (Wildman–Crippen MR) is 58.9 cm³/mol. The quantitative estimate of drug-likeness (QED) is 0.685. The molecule has 1 aliphatic rings. The van der Waals surface area contributed by atoms with Gasteiger partial charge in [0.05, 0.1) is 11.0 Å². The maximum absolute atomic E-state index is 11.0. The van der Waals surface area contributed by atoms with Gasteiger partial charge < -0.3 is 9.30 Å². The Morgan fingerprint density at radius 3 is 3.12 bits per heavy atom. The number of nitrogens with zero attached hydrogens (tertiary/aromatic N) is 2. The molecule has 1 aliphatic heterocycles. The molecule has 2 heterocycles. The Labute approximate surface area is 92.8 Å². The number of carbonyl (C=O) groups excluding carboxylic acids is 1. The van der Waals surface area contributed by atoms with Gasteiger partial charge in [-0.05, 0) is 12.1 Å². The zero-order chi connectivity index (χ0) is 11.1. The molecule has 0 aliphatic carbocycles. The molecular formula is C12H12N2O2. The van der Waals surface area contributed by atoms with E-state index in [0.717, 1.165) is 29.8 Å². The Kier molecular flexibility index (Phi) is 1.96. The molecule has 0 radical (unpaired) electrons. The molecule has 0 amide bonds. The summed E-state index contributed by atoms with van der Waals surface area (Å²) in [6, 6.07) is 7.98. The van der Waals surface area contributed by atoms with Gasteiger partial charge in [-0.1, -0.05) is 12.1 Å². The lowest BCUT2D eigenvalue weighted by Gasteiger charge is -2.07. The van der Waals surface area contributed by atoms with Crippen molar-refractivity contribution in [3.05, 3.63) is 30.1 Å². The van der Waals surface area contributed by atoms with Gasteiger partial charge in [-0.25, -0.2) is 4.98 Å². The molecule has 16 heavy (non-hydrogen) atoms. The number of rotatable bonds is 1. The van der Waals surface area contributed by atoms with Gasteiger partial charge in [0.1, 0.15) is 0 Å². The van der Waals surface area contributed by atoms with Crippen LogP contribution in [0.1, 0.15) is 25.3 Å². The van der Waals surface area contributed by atoms with Crippen LogP contribution >= 0.6 is 0 Å². The van der Waals surface area contributed by atoms with Crippen LogP contribution in [0.4, 0.5) is 0 Å². The summed E-state index contributed by atoms with van der Waals surface area (Å²) in [5, 5.41) is 0. The van der Waals surface area contributed by atoms with Crippen LogP contribution in [0, 0.1) is 0 Å². The highest BCUT2D eigenvalue weighted by atomic mass is 16.5. The lowest BCUT2D eigenvalue weighted by Crippen LogP contribution is -2.06. The first-order valence-corrected chi connectivity index (χ1v) is 5.38.